The van der Waals surface area contributed by atoms with E-state index in [1.807, 2.05) is 45.0 Å². The number of carbonyl (C=O) groups excluding carboxylic acids is 1. The lowest BCUT2D eigenvalue weighted by Gasteiger charge is -2.30. The molecule has 1 N–H and O–H groups in total. The Morgan fingerprint density at radius 3 is 2.70 bits per heavy atom. The Morgan fingerprint density at radius 2 is 1.97 bits per heavy atom. The number of para-hydroxylation sites is 1. The Labute approximate surface area is 220 Å². The molecule has 3 heterocycles. The summed E-state index contributed by atoms with van der Waals surface area (Å²) < 4.78 is 11.9. The summed E-state index contributed by atoms with van der Waals surface area (Å²) in [6, 6.07) is 9.54. The van der Waals surface area contributed by atoms with Crippen LogP contribution in [-0.4, -0.2) is 29.3 Å². The first-order valence-electron chi connectivity index (χ1n) is 12.6. The number of nitriles is 1. The number of aromatic amines is 1. The number of carbonyl (C=O) groups is 1. The van der Waals surface area contributed by atoms with Crippen molar-refractivity contribution < 1.29 is 14.3 Å². The fourth-order valence-corrected chi connectivity index (χ4v) is 5.28. The highest BCUT2D eigenvalue weighted by Gasteiger charge is 2.32. The second-order valence-corrected chi connectivity index (χ2v) is 11.0. The van der Waals surface area contributed by atoms with Gasteiger partial charge in [-0.3, -0.25) is 4.90 Å². The van der Waals surface area contributed by atoms with E-state index < -0.39 is 11.7 Å². The molecule has 0 unspecified atom stereocenters. The number of aromatic nitrogens is 1. The van der Waals surface area contributed by atoms with Gasteiger partial charge in [0.25, 0.3) is 0 Å². The summed E-state index contributed by atoms with van der Waals surface area (Å²) in [7, 11) is 0. The van der Waals surface area contributed by atoms with Crippen LogP contribution in [0.3, 0.4) is 0 Å². The van der Waals surface area contributed by atoms with Gasteiger partial charge in [-0.25, -0.2) is 4.79 Å². The minimum atomic E-state index is -0.622. The largest absolute Gasteiger partial charge is 0.489 e. The van der Waals surface area contributed by atoms with Crippen molar-refractivity contribution in [3.05, 3.63) is 57.2 Å². The Morgan fingerprint density at radius 1 is 1.22 bits per heavy atom. The number of benzene rings is 1. The Balaban J connectivity index is 1.43. The van der Waals surface area contributed by atoms with Crippen molar-refractivity contribution in [2.24, 2.45) is 16.1 Å². The van der Waals surface area contributed by atoms with Crippen LogP contribution in [0, 0.1) is 17.2 Å². The fraction of sp³-hybridized carbons (Fsp3) is 0.429. The zero-order chi connectivity index (χ0) is 26.2. The van der Waals surface area contributed by atoms with Crippen molar-refractivity contribution in [2.75, 3.05) is 11.4 Å². The molecule has 1 amide bonds. The maximum Gasteiger partial charge on any atom is 0.415 e. The average Bonchev–Trinajstić information content (AvgIpc) is 3.12. The second-order valence-electron chi connectivity index (χ2n) is 10.5. The molecule has 192 valence electrons. The number of hydrogen-bond acceptors (Lipinski definition) is 6. The number of ether oxygens (including phenoxy) is 2. The molecule has 1 aliphatic carbocycles. The first-order valence-corrected chi connectivity index (χ1v) is 13.0. The number of H-pyrrole nitrogens is 1. The van der Waals surface area contributed by atoms with E-state index >= 15 is 0 Å². The van der Waals surface area contributed by atoms with Crippen molar-refractivity contribution in [2.45, 2.75) is 64.7 Å². The molecule has 5 rings (SSSR count). The summed E-state index contributed by atoms with van der Waals surface area (Å²) in [4.78, 5) is 18.3. The average molecular weight is 520 g/mol. The number of nitrogens with one attached hydrogen (secondary N) is 1. The van der Waals surface area contributed by atoms with Gasteiger partial charge in [0.2, 0.25) is 0 Å². The summed E-state index contributed by atoms with van der Waals surface area (Å²) in [5.41, 5.74) is 2.52. The van der Waals surface area contributed by atoms with E-state index in [4.69, 9.17) is 21.1 Å². The molecule has 8 nitrogen and oxygen atoms in total. The van der Waals surface area contributed by atoms with Gasteiger partial charge in [0.1, 0.15) is 17.4 Å². The number of fused-ring (bicyclic) bond motifs is 3. The van der Waals surface area contributed by atoms with Crippen molar-refractivity contribution in [1.82, 2.24) is 4.98 Å². The van der Waals surface area contributed by atoms with E-state index in [-0.39, 0.29) is 12.0 Å². The molecule has 2 aromatic rings. The van der Waals surface area contributed by atoms with Crippen molar-refractivity contribution in [1.29, 1.82) is 5.26 Å². The maximum atomic E-state index is 13.1. The van der Waals surface area contributed by atoms with Crippen LogP contribution in [0.4, 0.5) is 10.5 Å². The minimum absolute atomic E-state index is 0.0478. The van der Waals surface area contributed by atoms with Gasteiger partial charge < -0.3 is 14.5 Å². The van der Waals surface area contributed by atoms with E-state index in [0.29, 0.717) is 29.4 Å². The topological polar surface area (TPSA) is 103 Å². The molecule has 1 saturated carbocycles. The summed E-state index contributed by atoms with van der Waals surface area (Å²) >= 11 is 6.42. The third-order valence-corrected chi connectivity index (χ3v) is 7.03. The van der Waals surface area contributed by atoms with E-state index in [1.54, 1.807) is 17.0 Å². The summed E-state index contributed by atoms with van der Waals surface area (Å²) in [5.74, 6) is 0.841. The van der Waals surface area contributed by atoms with Gasteiger partial charge in [-0.05, 0) is 70.7 Å². The Bertz CT molecular complexity index is 1440. The quantitative estimate of drug-likeness (QED) is 0.597. The number of amides is 1. The van der Waals surface area contributed by atoms with E-state index in [0.717, 1.165) is 53.3 Å². The zero-order valence-corrected chi connectivity index (χ0v) is 22.0. The van der Waals surface area contributed by atoms with Crippen molar-refractivity contribution in [3.8, 4) is 11.8 Å². The molecule has 1 aromatic carbocycles. The van der Waals surface area contributed by atoms with Crippen LogP contribution >= 0.6 is 11.6 Å². The number of halogens is 1. The van der Waals surface area contributed by atoms with Crippen LogP contribution in [0.25, 0.3) is 11.8 Å². The fourth-order valence-electron chi connectivity index (χ4n) is 5.10. The van der Waals surface area contributed by atoms with Crippen LogP contribution < -0.4 is 20.3 Å². The number of rotatable bonds is 3. The van der Waals surface area contributed by atoms with Crippen LogP contribution in [0.2, 0.25) is 0 Å². The highest BCUT2D eigenvalue weighted by Crippen LogP contribution is 2.35. The van der Waals surface area contributed by atoms with Gasteiger partial charge in [0, 0.05) is 23.1 Å². The van der Waals surface area contributed by atoms with Gasteiger partial charge in [0.05, 0.1) is 40.3 Å². The number of anilines is 1. The highest BCUT2D eigenvalue weighted by molar-refractivity contribution is 6.34. The lowest BCUT2D eigenvalue weighted by atomic mass is 9.84. The molecule has 0 spiro atoms. The summed E-state index contributed by atoms with van der Waals surface area (Å²) in [5, 5.41) is 20.6. The Kier molecular flexibility index (Phi) is 6.82. The molecule has 0 atom stereocenters. The molecule has 9 heteroatoms. The van der Waals surface area contributed by atoms with Crippen LogP contribution in [0.15, 0.2) is 45.6 Å². The first kappa shape index (κ1) is 25.1. The molecule has 3 aliphatic rings. The molecule has 1 aromatic heterocycles. The standard InChI is InChI=1S/C28H30ClN5O3/c1-28(2,3)37-27(35)34-13-12-19(29)14-22-26(34)21-16-31-33-24(25(21)32-22)17-8-10-20(11-9-17)36-23-7-5-4-6-18(23)15-30/h4-7,12,14,17,20,32H,8-11,13,16H2,1-3H3/t17-,20-. The molecule has 0 saturated heterocycles. The third-order valence-electron chi connectivity index (χ3n) is 6.76. The lowest BCUT2D eigenvalue weighted by molar-refractivity contribution is 0.0584. The van der Waals surface area contributed by atoms with Gasteiger partial charge in [-0.1, -0.05) is 23.7 Å². The van der Waals surface area contributed by atoms with Gasteiger partial charge >= 0.3 is 6.09 Å². The highest BCUT2D eigenvalue weighted by atomic mass is 35.5. The first-order chi connectivity index (χ1) is 17.7. The molecule has 37 heavy (non-hydrogen) atoms. The van der Waals surface area contributed by atoms with Crippen LogP contribution in [-0.2, 0) is 11.3 Å². The maximum absolute atomic E-state index is 13.1. The zero-order valence-electron chi connectivity index (χ0n) is 21.3. The predicted molar refractivity (Wildman–Crippen MR) is 142 cm³/mol. The smallest absolute Gasteiger partial charge is 0.415 e. The Hall–Kier alpha value is -3.57. The third kappa shape index (κ3) is 5.28. The SMILES string of the molecule is CC(C)(C)OC(=O)N1CC=C(Cl)C=c2[nH]c3c(c21)CN=NC=3[C@H]1CC[C@H](Oc2ccccc2C#N)CC1. The van der Waals surface area contributed by atoms with E-state index in [1.165, 1.54) is 0 Å². The second kappa shape index (κ2) is 10.1. The van der Waals surface area contributed by atoms with E-state index in [9.17, 15) is 10.1 Å². The van der Waals surface area contributed by atoms with Gasteiger partial charge in [0.15, 0.2) is 0 Å². The molecular formula is C28H30ClN5O3. The molecule has 2 aliphatic heterocycles. The number of nitrogens with zero attached hydrogens (tertiary/aromatic N) is 4. The molecule has 0 bridgehead atoms. The summed E-state index contributed by atoms with van der Waals surface area (Å²) in [6.45, 7) is 6.23. The van der Waals surface area contributed by atoms with Crippen molar-refractivity contribution in [3.63, 3.8) is 0 Å². The minimum Gasteiger partial charge on any atom is -0.489 e. The van der Waals surface area contributed by atoms with Gasteiger partial charge in [-0.2, -0.15) is 15.5 Å². The normalized spacial score (nSPS) is 21.1. The number of hydrogen-bond donors (Lipinski definition) is 1. The van der Waals surface area contributed by atoms with Crippen LogP contribution in [0.1, 0.15) is 57.6 Å². The monoisotopic (exact) mass is 519 g/mol. The van der Waals surface area contributed by atoms with E-state index in [2.05, 4.69) is 21.3 Å². The summed E-state index contributed by atoms with van der Waals surface area (Å²) in [6.07, 6.45) is 6.74. The molecule has 0 radical (unpaired) electrons. The predicted octanol–water partition coefficient (Wildman–Crippen LogP) is 5.26. The van der Waals surface area contributed by atoms with Gasteiger partial charge in [-0.15, -0.1) is 0 Å². The van der Waals surface area contributed by atoms with Crippen molar-refractivity contribution >= 4 is 35.2 Å². The molecular weight excluding hydrogens is 490 g/mol. The molecule has 1 fully saturated rings. The lowest BCUT2D eigenvalue weighted by Crippen LogP contribution is -2.39. The number of allylic oxidation sites excluding steroid dienone is 1. The van der Waals surface area contributed by atoms with Crippen LogP contribution in [0.5, 0.6) is 5.75 Å². The number of azo groups is 1.